The molecular formula is C14H18ClNO4. The number of carboxylic acids is 1. The molecule has 0 aliphatic heterocycles. The second kappa shape index (κ2) is 6.72. The lowest BCUT2D eigenvalue weighted by Gasteiger charge is -2.26. The van der Waals surface area contributed by atoms with E-state index in [-0.39, 0.29) is 5.88 Å². The Balaban J connectivity index is 2.91. The van der Waals surface area contributed by atoms with Gasteiger partial charge in [0.15, 0.2) is 6.04 Å². The van der Waals surface area contributed by atoms with Crippen molar-refractivity contribution in [3.05, 3.63) is 35.9 Å². The molecule has 3 N–H and O–H groups in total. The Morgan fingerprint density at radius 1 is 1.30 bits per heavy atom. The number of aliphatic carboxylic acids is 1. The molecule has 0 aliphatic carbocycles. The summed E-state index contributed by atoms with van der Waals surface area (Å²) in [6.07, 6.45) is -1.33. The van der Waals surface area contributed by atoms with Gasteiger partial charge in [0.2, 0.25) is 5.91 Å². The molecule has 1 aromatic rings. The number of carbonyl (C=O) groups excluding carboxylic acids is 1. The third-order valence-corrected chi connectivity index (χ3v) is 3.63. The summed E-state index contributed by atoms with van der Waals surface area (Å²) in [5, 5.41) is 21.6. The number of amides is 1. The molecule has 0 radical (unpaired) electrons. The number of halogens is 1. The van der Waals surface area contributed by atoms with Gasteiger partial charge in [-0.05, 0) is 19.4 Å². The molecule has 110 valence electrons. The Morgan fingerprint density at radius 2 is 1.85 bits per heavy atom. The second-order valence-corrected chi connectivity index (χ2v) is 5.43. The van der Waals surface area contributed by atoms with Crippen molar-refractivity contribution in [3.8, 4) is 0 Å². The number of nitrogens with one attached hydrogen (secondary N) is 1. The van der Waals surface area contributed by atoms with Crippen LogP contribution < -0.4 is 5.32 Å². The van der Waals surface area contributed by atoms with Gasteiger partial charge in [0.1, 0.15) is 6.10 Å². The first-order valence-corrected chi connectivity index (χ1v) is 6.66. The van der Waals surface area contributed by atoms with Crippen molar-refractivity contribution in [2.75, 3.05) is 5.88 Å². The molecule has 6 heteroatoms. The second-order valence-electron chi connectivity index (χ2n) is 5.16. The summed E-state index contributed by atoms with van der Waals surface area (Å²) >= 11 is 5.68. The van der Waals surface area contributed by atoms with Crippen LogP contribution >= 0.6 is 11.6 Å². The van der Waals surface area contributed by atoms with Gasteiger partial charge in [-0.1, -0.05) is 30.3 Å². The Bertz CT molecular complexity index is 475. The molecule has 2 unspecified atom stereocenters. The maximum Gasteiger partial charge on any atom is 0.329 e. The van der Waals surface area contributed by atoms with Crippen LogP contribution in [0.4, 0.5) is 0 Å². The molecule has 1 aromatic carbocycles. The smallest absolute Gasteiger partial charge is 0.329 e. The van der Waals surface area contributed by atoms with E-state index < -0.39 is 29.4 Å². The third-order valence-electron chi connectivity index (χ3n) is 2.96. The summed E-state index contributed by atoms with van der Waals surface area (Å²) in [5.41, 5.74) is -0.491. The van der Waals surface area contributed by atoms with Gasteiger partial charge in [0.05, 0.1) is 5.41 Å². The average Bonchev–Trinajstić information content (AvgIpc) is 2.44. The minimum Gasteiger partial charge on any atom is -0.480 e. The van der Waals surface area contributed by atoms with Gasteiger partial charge in [-0.3, -0.25) is 4.79 Å². The molecule has 0 aromatic heterocycles. The van der Waals surface area contributed by atoms with E-state index in [4.69, 9.17) is 11.6 Å². The standard InChI is InChI=1S/C14H18ClNO4/c1-14(2,8-15)13(20)16-10(12(18)19)11(17)9-6-4-3-5-7-9/h3-7,10-11,17H,8H2,1-2H3,(H,16,20)(H,18,19). The van der Waals surface area contributed by atoms with Crippen molar-refractivity contribution in [2.24, 2.45) is 5.41 Å². The molecule has 1 rings (SSSR count). The number of aliphatic hydroxyl groups is 1. The number of hydrogen-bond acceptors (Lipinski definition) is 3. The minimum absolute atomic E-state index is 0.0482. The topological polar surface area (TPSA) is 86.6 Å². The molecule has 0 saturated heterocycles. The quantitative estimate of drug-likeness (QED) is 0.696. The fourth-order valence-electron chi connectivity index (χ4n) is 1.52. The predicted molar refractivity (Wildman–Crippen MR) is 75.5 cm³/mol. The summed E-state index contributed by atoms with van der Waals surface area (Å²) in [6.45, 7) is 3.20. The molecule has 5 nitrogen and oxygen atoms in total. The van der Waals surface area contributed by atoms with Crippen LogP contribution in [0.1, 0.15) is 25.5 Å². The first-order chi connectivity index (χ1) is 9.29. The summed E-state index contributed by atoms with van der Waals surface area (Å²) < 4.78 is 0. The van der Waals surface area contributed by atoms with Gasteiger partial charge in [0.25, 0.3) is 0 Å². The minimum atomic E-state index is -1.42. The van der Waals surface area contributed by atoms with Crippen molar-refractivity contribution in [1.82, 2.24) is 5.32 Å². The maximum atomic E-state index is 12.0. The van der Waals surface area contributed by atoms with E-state index in [1.807, 2.05) is 0 Å². The van der Waals surface area contributed by atoms with Crippen LogP contribution in [0.5, 0.6) is 0 Å². The van der Waals surface area contributed by atoms with E-state index in [0.29, 0.717) is 5.56 Å². The number of carbonyl (C=O) groups is 2. The maximum absolute atomic E-state index is 12.0. The van der Waals surface area contributed by atoms with Crippen molar-refractivity contribution in [2.45, 2.75) is 26.0 Å². The summed E-state index contributed by atoms with van der Waals surface area (Å²) in [5.74, 6) is -1.78. The van der Waals surface area contributed by atoms with E-state index in [2.05, 4.69) is 5.32 Å². The van der Waals surface area contributed by atoms with Crippen LogP contribution in [0.3, 0.4) is 0 Å². The first kappa shape index (κ1) is 16.5. The number of benzene rings is 1. The van der Waals surface area contributed by atoms with Crippen LogP contribution in [0.2, 0.25) is 0 Å². The number of carboxylic acid groups (broad SMARTS) is 1. The summed E-state index contributed by atoms with van der Waals surface area (Å²) in [4.78, 5) is 23.2. The van der Waals surface area contributed by atoms with Crippen molar-refractivity contribution in [1.29, 1.82) is 0 Å². The lowest BCUT2D eigenvalue weighted by atomic mass is 9.93. The zero-order valence-electron chi connectivity index (χ0n) is 11.3. The third kappa shape index (κ3) is 3.95. The van der Waals surface area contributed by atoms with Gasteiger partial charge in [-0.15, -0.1) is 11.6 Å². The SMILES string of the molecule is CC(C)(CCl)C(=O)NC(C(=O)O)C(O)c1ccccc1. The Morgan fingerprint density at radius 3 is 2.30 bits per heavy atom. The highest BCUT2D eigenvalue weighted by Crippen LogP contribution is 2.21. The van der Waals surface area contributed by atoms with E-state index in [1.165, 1.54) is 0 Å². The van der Waals surface area contributed by atoms with E-state index in [9.17, 15) is 19.8 Å². The van der Waals surface area contributed by atoms with Crippen molar-refractivity contribution < 1.29 is 19.8 Å². The van der Waals surface area contributed by atoms with Crippen LogP contribution in [-0.4, -0.2) is 34.0 Å². The molecule has 0 saturated carbocycles. The average molecular weight is 300 g/mol. The summed E-state index contributed by atoms with van der Waals surface area (Å²) in [6, 6.07) is 6.89. The number of hydrogen-bond donors (Lipinski definition) is 3. The molecule has 0 heterocycles. The van der Waals surface area contributed by atoms with Crippen molar-refractivity contribution in [3.63, 3.8) is 0 Å². The highest BCUT2D eigenvalue weighted by molar-refractivity contribution is 6.19. The van der Waals surface area contributed by atoms with Crippen LogP contribution in [-0.2, 0) is 9.59 Å². The van der Waals surface area contributed by atoms with Crippen LogP contribution in [0.25, 0.3) is 0 Å². The molecule has 0 fully saturated rings. The van der Waals surface area contributed by atoms with Crippen LogP contribution in [0, 0.1) is 5.41 Å². The fourth-order valence-corrected chi connectivity index (χ4v) is 1.64. The van der Waals surface area contributed by atoms with Gasteiger partial charge in [0, 0.05) is 5.88 Å². The summed E-state index contributed by atoms with van der Waals surface area (Å²) in [7, 11) is 0. The number of alkyl halides is 1. The first-order valence-electron chi connectivity index (χ1n) is 6.12. The number of rotatable bonds is 6. The highest BCUT2D eigenvalue weighted by Gasteiger charge is 2.34. The Hall–Kier alpha value is -1.59. The molecule has 0 bridgehead atoms. The lowest BCUT2D eigenvalue weighted by molar-refractivity contribution is -0.146. The van der Waals surface area contributed by atoms with E-state index in [0.717, 1.165) is 0 Å². The fraction of sp³-hybridized carbons (Fsp3) is 0.429. The van der Waals surface area contributed by atoms with E-state index in [1.54, 1.807) is 44.2 Å². The number of aliphatic hydroxyl groups excluding tert-OH is 1. The zero-order valence-corrected chi connectivity index (χ0v) is 12.1. The van der Waals surface area contributed by atoms with E-state index >= 15 is 0 Å². The largest absolute Gasteiger partial charge is 0.480 e. The monoisotopic (exact) mass is 299 g/mol. The normalized spacial score (nSPS) is 14.4. The highest BCUT2D eigenvalue weighted by atomic mass is 35.5. The van der Waals surface area contributed by atoms with Gasteiger partial charge >= 0.3 is 5.97 Å². The molecule has 2 atom stereocenters. The molecule has 0 aliphatic rings. The lowest BCUT2D eigenvalue weighted by Crippen LogP contribution is -2.50. The molecular weight excluding hydrogens is 282 g/mol. The zero-order chi connectivity index (χ0) is 15.3. The van der Waals surface area contributed by atoms with Gasteiger partial charge in [-0.25, -0.2) is 4.79 Å². The molecule has 0 spiro atoms. The molecule has 20 heavy (non-hydrogen) atoms. The van der Waals surface area contributed by atoms with Crippen LogP contribution in [0.15, 0.2) is 30.3 Å². The van der Waals surface area contributed by atoms with Gasteiger partial charge < -0.3 is 15.5 Å². The van der Waals surface area contributed by atoms with Crippen molar-refractivity contribution >= 4 is 23.5 Å². The Kier molecular flexibility index (Phi) is 5.53. The van der Waals surface area contributed by atoms with Gasteiger partial charge in [-0.2, -0.15) is 0 Å². The molecule has 1 amide bonds. The predicted octanol–water partition coefficient (Wildman–Crippen LogP) is 1.55. The Labute approximate surface area is 122 Å².